The van der Waals surface area contributed by atoms with Crippen LogP contribution in [0, 0.1) is 0 Å². The number of rotatable bonds is 7. The highest BCUT2D eigenvalue weighted by atomic mass is 32.1. The first-order valence-electron chi connectivity index (χ1n) is 10.8. The van der Waals surface area contributed by atoms with E-state index in [2.05, 4.69) is 25.5 Å². The summed E-state index contributed by atoms with van der Waals surface area (Å²) in [5.74, 6) is 0.221. The predicted octanol–water partition coefficient (Wildman–Crippen LogP) is 4.20. The largest absolute Gasteiger partial charge is 0.416 e. The molecular weight excluding hydrogens is 483 g/mol. The summed E-state index contributed by atoms with van der Waals surface area (Å²) in [6, 6.07) is 3.67. The zero-order valence-electron chi connectivity index (χ0n) is 18.3. The molecule has 1 aliphatic rings. The van der Waals surface area contributed by atoms with E-state index in [1.54, 1.807) is 29.9 Å². The monoisotopic (exact) mass is 503 g/mol. The number of alkyl halides is 3. The molecule has 0 aromatic carbocycles. The number of aliphatic hydroxyl groups is 1. The van der Waals surface area contributed by atoms with Gasteiger partial charge in [0.1, 0.15) is 12.0 Å². The summed E-state index contributed by atoms with van der Waals surface area (Å²) in [6.45, 7) is 1.23. The number of nitrogens with zero attached hydrogens (tertiary/aromatic N) is 6. The smallest absolute Gasteiger partial charge is 0.382 e. The van der Waals surface area contributed by atoms with Crippen LogP contribution in [0.5, 0.6) is 0 Å². The molecule has 0 bridgehead atoms. The number of carbonyl (C=O) groups is 1. The number of hydrogen-bond donors (Lipinski definition) is 2. The molecule has 2 atom stereocenters. The topological polar surface area (TPSA) is 111 Å². The van der Waals surface area contributed by atoms with Crippen molar-refractivity contribution >= 4 is 22.9 Å². The van der Waals surface area contributed by atoms with Crippen LogP contribution < -0.4 is 5.32 Å². The van der Waals surface area contributed by atoms with Crippen molar-refractivity contribution in [3.8, 4) is 16.4 Å². The molecule has 2 N–H and O–H groups in total. The normalized spacial score (nSPS) is 15.7. The summed E-state index contributed by atoms with van der Waals surface area (Å²) in [4.78, 5) is 21.9. The molecule has 2 unspecified atom stereocenters. The Kier molecular flexibility index (Phi) is 5.89. The molecule has 1 saturated carbocycles. The second-order valence-electron chi connectivity index (χ2n) is 8.32. The van der Waals surface area contributed by atoms with Crippen LogP contribution >= 0.6 is 11.3 Å². The number of hydrogen-bond acceptors (Lipinski definition) is 7. The van der Waals surface area contributed by atoms with Crippen molar-refractivity contribution in [2.24, 2.45) is 0 Å². The van der Waals surface area contributed by atoms with Crippen molar-refractivity contribution in [3.63, 3.8) is 0 Å². The van der Waals surface area contributed by atoms with E-state index in [-0.39, 0.29) is 11.5 Å². The van der Waals surface area contributed by atoms with Crippen molar-refractivity contribution < 1.29 is 23.1 Å². The lowest BCUT2D eigenvalue weighted by Crippen LogP contribution is -2.36. The number of carbonyl (C=O) groups excluding carboxylic acids is 1. The zero-order valence-corrected chi connectivity index (χ0v) is 19.2. The van der Waals surface area contributed by atoms with Gasteiger partial charge in [-0.15, -0.1) is 21.5 Å². The van der Waals surface area contributed by atoms with E-state index in [1.807, 2.05) is 10.8 Å². The summed E-state index contributed by atoms with van der Waals surface area (Å²) in [6.07, 6.45) is 1.25. The van der Waals surface area contributed by atoms with Gasteiger partial charge < -0.3 is 19.6 Å². The molecule has 0 aliphatic heterocycles. The molecule has 35 heavy (non-hydrogen) atoms. The highest BCUT2D eigenvalue weighted by Crippen LogP contribution is 2.39. The summed E-state index contributed by atoms with van der Waals surface area (Å²) >= 11 is 1.17. The number of amides is 1. The number of aliphatic hydroxyl groups excluding tert-OH is 1. The van der Waals surface area contributed by atoms with Crippen molar-refractivity contribution in [1.29, 1.82) is 0 Å². The van der Waals surface area contributed by atoms with Gasteiger partial charge in [0.2, 0.25) is 0 Å². The molecule has 9 nitrogen and oxygen atoms in total. The van der Waals surface area contributed by atoms with Gasteiger partial charge in [-0.3, -0.25) is 9.78 Å². The van der Waals surface area contributed by atoms with Gasteiger partial charge in [0.25, 0.3) is 5.91 Å². The van der Waals surface area contributed by atoms with Crippen LogP contribution in [0.1, 0.15) is 47.9 Å². The van der Waals surface area contributed by atoms with Crippen LogP contribution in [0.25, 0.3) is 16.4 Å². The van der Waals surface area contributed by atoms with Crippen LogP contribution in [0.4, 0.5) is 18.9 Å². The van der Waals surface area contributed by atoms with Crippen molar-refractivity contribution in [3.05, 3.63) is 60.0 Å². The van der Waals surface area contributed by atoms with E-state index in [1.165, 1.54) is 24.5 Å². The first-order valence-corrected chi connectivity index (χ1v) is 11.6. The molecule has 13 heteroatoms. The number of nitrogens with one attached hydrogen (secondary N) is 1. The molecule has 1 fully saturated rings. The molecule has 0 saturated heterocycles. The lowest BCUT2D eigenvalue weighted by molar-refractivity contribution is -0.214. The lowest BCUT2D eigenvalue weighted by atomic mass is 10.1. The third kappa shape index (κ3) is 4.82. The second-order valence-corrected chi connectivity index (χ2v) is 9.23. The quantitative estimate of drug-likeness (QED) is 0.391. The molecule has 4 aromatic heterocycles. The fourth-order valence-electron chi connectivity index (χ4n) is 3.63. The minimum absolute atomic E-state index is 0.151. The molecule has 4 heterocycles. The van der Waals surface area contributed by atoms with E-state index >= 15 is 0 Å². The van der Waals surface area contributed by atoms with Crippen LogP contribution in [0.2, 0.25) is 0 Å². The maximum absolute atomic E-state index is 13.0. The van der Waals surface area contributed by atoms with E-state index < -0.39 is 24.2 Å². The van der Waals surface area contributed by atoms with Gasteiger partial charge in [-0.25, -0.2) is 4.98 Å². The zero-order chi connectivity index (χ0) is 24.7. The number of pyridine rings is 1. The molecule has 1 aliphatic carbocycles. The molecule has 4 aromatic rings. The van der Waals surface area contributed by atoms with E-state index in [4.69, 9.17) is 0 Å². The predicted molar refractivity (Wildman–Crippen MR) is 121 cm³/mol. The van der Waals surface area contributed by atoms with Crippen LogP contribution in [0.3, 0.4) is 0 Å². The van der Waals surface area contributed by atoms with E-state index in [0.29, 0.717) is 16.5 Å². The third-order valence-corrected chi connectivity index (χ3v) is 6.68. The Morgan fingerprint density at radius 3 is 2.80 bits per heavy atom. The summed E-state index contributed by atoms with van der Waals surface area (Å²) in [5, 5.41) is 21.6. The number of thiophene rings is 1. The Balaban J connectivity index is 1.31. The van der Waals surface area contributed by atoms with Crippen LogP contribution in [0.15, 0.2) is 48.6 Å². The Morgan fingerprint density at radius 2 is 2.06 bits per heavy atom. The third-order valence-electron chi connectivity index (χ3n) is 5.75. The fraction of sp³-hybridized carbons (Fsp3) is 0.318. The molecule has 182 valence electrons. The molecule has 0 spiro atoms. The van der Waals surface area contributed by atoms with Crippen LogP contribution in [-0.4, -0.2) is 52.6 Å². The van der Waals surface area contributed by atoms with Gasteiger partial charge in [-0.2, -0.15) is 13.2 Å². The average molecular weight is 504 g/mol. The SMILES string of the molecule is CC(C(O)C(F)(F)F)n1cnnc1-c1cc(NC(=O)c2cc(-n3cnc(C4CC4)c3)ccn2)cs1. The summed E-state index contributed by atoms with van der Waals surface area (Å²) < 4.78 is 41.9. The highest BCUT2D eigenvalue weighted by molar-refractivity contribution is 7.14. The Bertz CT molecular complexity index is 1360. The lowest BCUT2D eigenvalue weighted by Gasteiger charge is -2.23. The fourth-order valence-corrected chi connectivity index (χ4v) is 4.46. The first-order chi connectivity index (χ1) is 16.7. The highest BCUT2D eigenvalue weighted by Gasteiger charge is 2.43. The maximum atomic E-state index is 13.0. The standard InChI is InChI=1S/C22H20F3N7O2S/c1-12(19(33)22(23,24)25)32-11-28-30-20(32)18-6-14(9-35-18)29-21(34)16-7-15(4-5-26-16)31-8-17(27-10-31)13-2-3-13/h4-13,19,33H,2-3H2,1H3,(H,29,34). The molecular formula is C22H20F3N7O2S. The Morgan fingerprint density at radius 1 is 1.26 bits per heavy atom. The minimum Gasteiger partial charge on any atom is -0.382 e. The average Bonchev–Trinajstić information content (AvgIpc) is 3.21. The van der Waals surface area contributed by atoms with Crippen molar-refractivity contribution in [2.75, 3.05) is 5.32 Å². The van der Waals surface area contributed by atoms with Crippen LogP contribution in [-0.2, 0) is 0 Å². The van der Waals surface area contributed by atoms with E-state index in [0.717, 1.165) is 35.1 Å². The van der Waals surface area contributed by atoms with E-state index in [9.17, 15) is 23.1 Å². The van der Waals surface area contributed by atoms with Crippen molar-refractivity contribution in [2.45, 2.75) is 44.0 Å². The minimum atomic E-state index is -4.78. The summed E-state index contributed by atoms with van der Waals surface area (Å²) in [7, 11) is 0. The van der Waals surface area contributed by atoms with Gasteiger partial charge in [0.05, 0.1) is 34.3 Å². The number of anilines is 1. The Hall–Kier alpha value is -3.58. The van der Waals surface area contributed by atoms with Gasteiger partial charge >= 0.3 is 6.18 Å². The molecule has 5 rings (SSSR count). The first kappa shape index (κ1) is 23.2. The van der Waals surface area contributed by atoms with Gasteiger partial charge in [0.15, 0.2) is 11.9 Å². The van der Waals surface area contributed by atoms with Gasteiger partial charge in [0, 0.05) is 23.7 Å². The number of imidazole rings is 1. The molecule has 0 radical (unpaired) electrons. The second kappa shape index (κ2) is 8.89. The van der Waals surface area contributed by atoms with Gasteiger partial charge in [-0.1, -0.05) is 0 Å². The number of aromatic nitrogens is 6. The number of halogens is 3. The Labute approximate surface area is 201 Å². The molecule has 1 amide bonds. The maximum Gasteiger partial charge on any atom is 0.416 e. The summed E-state index contributed by atoms with van der Waals surface area (Å²) in [5.41, 5.74) is 2.41. The van der Waals surface area contributed by atoms with Gasteiger partial charge in [-0.05, 0) is 38.0 Å². The van der Waals surface area contributed by atoms with Crippen molar-refractivity contribution in [1.82, 2.24) is 29.3 Å².